The molecule has 0 saturated heterocycles. The molecule has 0 spiro atoms. The van der Waals surface area contributed by atoms with Crippen LogP contribution in [0, 0.1) is 0 Å². The summed E-state index contributed by atoms with van der Waals surface area (Å²) in [6.07, 6.45) is 4.69. The predicted molar refractivity (Wildman–Crippen MR) is 97.1 cm³/mol. The molecular weight excluding hydrogens is 384 g/mol. The molecule has 7 nitrogen and oxygen atoms in total. The van der Waals surface area contributed by atoms with Gasteiger partial charge in [-0.25, -0.2) is 19.4 Å². The van der Waals surface area contributed by atoms with Crippen LogP contribution >= 0.6 is 15.9 Å². The minimum Gasteiger partial charge on any atom is -0.334 e. The number of urea groups is 1. The lowest BCUT2D eigenvalue weighted by atomic mass is 10.1. The summed E-state index contributed by atoms with van der Waals surface area (Å²) in [7, 11) is 0. The average Bonchev–Trinajstić information content (AvgIpc) is 3.14. The fourth-order valence-electron chi connectivity index (χ4n) is 2.37. The number of benzene rings is 1. The Labute approximate surface area is 153 Å². The van der Waals surface area contributed by atoms with E-state index in [2.05, 4.69) is 41.6 Å². The summed E-state index contributed by atoms with van der Waals surface area (Å²) in [6.45, 7) is 2.27. The Balaban J connectivity index is 1.62. The molecule has 8 heteroatoms. The third-order valence-corrected chi connectivity index (χ3v) is 4.13. The first-order chi connectivity index (χ1) is 12.1. The van der Waals surface area contributed by atoms with Gasteiger partial charge in [0, 0.05) is 22.8 Å². The normalized spacial score (nSPS) is 11.8. The molecule has 3 rings (SSSR count). The number of aromatic nitrogens is 4. The van der Waals surface area contributed by atoms with Crippen molar-refractivity contribution >= 4 is 22.0 Å². The molecule has 0 saturated carbocycles. The summed E-state index contributed by atoms with van der Waals surface area (Å²) in [5.41, 5.74) is 1.87. The maximum atomic E-state index is 12.2. The van der Waals surface area contributed by atoms with E-state index in [0.717, 1.165) is 15.6 Å². The average molecular weight is 401 g/mol. The van der Waals surface area contributed by atoms with Crippen LogP contribution in [0.1, 0.15) is 24.1 Å². The summed E-state index contributed by atoms with van der Waals surface area (Å²) in [5.74, 6) is 0.639. The van der Waals surface area contributed by atoms with E-state index >= 15 is 0 Å². The van der Waals surface area contributed by atoms with Crippen LogP contribution in [0.4, 0.5) is 4.79 Å². The van der Waals surface area contributed by atoms with Crippen molar-refractivity contribution in [1.82, 2.24) is 30.4 Å². The van der Waals surface area contributed by atoms with E-state index in [-0.39, 0.29) is 12.1 Å². The number of hydrogen-bond donors (Lipinski definition) is 2. The number of nitrogens with one attached hydrogen (secondary N) is 2. The van der Waals surface area contributed by atoms with Gasteiger partial charge in [-0.05, 0) is 30.7 Å². The molecule has 25 heavy (non-hydrogen) atoms. The first-order valence-electron chi connectivity index (χ1n) is 7.72. The molecule has 0 fully saturated rings. The van der Waals surface area contributed by atoms with Crippen LogP contribution in [0.15, 0.2) is 59.7 Å². The summed E-state index contributed by atoms with van der Waals surface area (Å²) >= 11 is 3.44. The van der Waals surface area contributed by atoms with Crippen molar-refractivity contribution in [3.8, 4) is 5.82 Å². The van der Waals surface area contributed by atoms with Crippen LogP contribution in [0.3, 0.4) is 0 Å². The van der Waals surface area contributed by atoms with Crippen molar-refractivity contribution in [2.45, 2.75) is 19.5 Å². The molecule has 1 unspecified atom stereocenters. The van der Waals surface area contributed by atoms with Crippen LogP contribution in [0.5, 0.6) is 0 Å². The van der Waals surface area contributed by atoms with Crippen molar-refractivity contribution in [3.63, 3.8) is 0 Å². The number of carbonyl (C=O) groups excluding carboxylic acids is 1. The molecule has 2 aromatic heterocycles. The summed E-state index contributed by atoms with van der Waals surface area (Å²) in [4.78, 5) is 20.4. The highest BCUT2D eigenvalue weighted by Gasteiger charge is 2.11. The second kappa shape index (κ2) is 7.89. The maximum Gasteiger partial charge on any atom is 0.315 e. The number of halogens is 1. The minimum atomic E-state index is -0.249. The maximum absolute atomic E-state index is 12.2. The van der Waals surface area contributed by atoms with Crippen LogP contribution < -0.4 is 10.6 Å². The molecule has 0 radical (unpaired) electrons. The molecule has 1 atom stereocenters. The summed E-state index contributed by atoms with van der Waals surface area (Å²) in [5, 5.41) is 9.86. The number of nitrogens with zero attached hydrogens (tertiary/aromatic N) is 4. The van der Waals surface area contributed by atoms with Gasteiger partial charge in [-0.2, -0.15) is 5.10 Å². The summed E-state index contributed by atoms with van der Waals surface area (Å²) < 4.78 is 2.55. The standard InChI is InChI=1S/C17H17BrN6O/c1-12(13-4-2-6-15(18)8-13)23-17(25)21-9-14-5-3-7-20-16(14)24-11-19-10-22-24/h2-8,10-12H,9H2,1H3,(H2,21,23,25). The molecule has 128 valence electrons. The van der Waals surface area contributed by atoms with Gasteiger partial charge in [-0.1, -0.05) is 34.1 Å². The van der Waals surface area contributed by atoms with E-state index in [1.807, 2.05) is 43.3 Å². The molecule has 0 aliphatic carbocycles. The molecule has 2 amide bonds. The number of pyridine rings is 1. The van der Waals surface area contributed by atoms with Gasteiger partial charge >= 0.3 is 6.03 Å². The van der Waals surface area contributed by atoms with Gasteiger partial charge in [-0.15, -0.1) is 0 Å². The van der Waals surface area contributed by atoms with Gasteiger partial charge < -0.3 is 10.6 Å². The zero-order chi connectivity index (χ0) is 17.6. The largest absolute Gasteiger partial charge is 0.334 e. The quantitative estimate of drug-likeness (QED) is 0.689. The van der Waals surface area contributed by atoms with Gasteiger partial charge in [0.1, 0.15) is 12.7 Å². The van der Waals surface area contributed by atoms with Crippen molar-refractivity contribution in [1.29, 1.82) is 0 Å². The molecule has 0 aliphatic rings. The lowest BCUT2D eigenvalue weighted by molar-refractivity contribution is 0.237. The van der Waals surface area contributed by atoms with E-state index in [4.69, 9.17) is 0 Å². The second-order valence-electron chi connectivity index (χ2n) is 5.43. The Hall–Kier alpha value is -2.74. The first kappa shape index (κ1) is 17.1. The van der Waals surface area contributed by atoms with Gasteiger partial charge in [0.25, 0.3) is 0 Å². The van der Waals surface area contributed by atoms with E-state index in [1.54, 1.807) is 17.2 Å². The Bertz CT molecular complexity index is 852. The first-order valence-corrected chi connectivity index (χ1v) is 8.51. The highest BCUT2D eigenvalue weighted by atomic mass is 79.9. The van der Waals surface area contributed by atoms with Crippen LogP contribution in [0.25, 0.3) is 5.82 Å². The topological polar surface area (TPSA) is 84.7 Å². The molecule has 0 aliphatic heterocycles. The van der Waals surface area contributed by atoms with Crippen molar-refractivity contribution in [2.75, 3.05) is 0 Å². The lowest BCUT2D eigenvalue weighted by Gasteiger charge is -2.16. The van der Waals surface area contributed by atoms with Crippen LogP contribution in [-0.4, -0.2) is 25.8 Å². The van der Waals surface area contributed by atoms with E-state index in [1.165, 1.54) is 6.33 Å². The number of amides is 2. The third-order valence-electron chi connectivity index (χ3n) is 3.64. The zero-order valence-electron chi connectivity index (χ0n) is 13.6. The van der Waals surface area contributed by atoms with Crippen molar-refractivity contribution in [2.24, 2.45) is 0 Å². The molecule has 3 aromatic rings. The van der Waals surface area contributed by atoms with E-state index < -0.39 is 0 Å². The van der Waals surface area contributed by atoms with Gasteiger partial charge in [-0.3, -0.25) is 0 Å². The van der Waals surface area contributed by atoms with Gasteiger partial charge in [0.15, 0.2) is 5.82 Å². The van der Waals surface area contributed by atoms with Gasteiger partial charge in [0.05, 0.1) is 6.04 Å². The van der Waals surface area contributed by atoms with Crippen molar-refractivity contribution < 1.29 is 4.79 Å². The third kappa shape index (κ3) is 4.42. The fraction of sp³-hybridized carbons (Fsp3) is 0.176. The Kier molecular flexibility index (Phi) is 5.39. The number of carbonyl (C=O) groups is 1. The molecule has 1 aromatic carbocycles. The monoisotopic (exact) mass is 400 g/mol. The minimum absolute atomic E-state index is 0.110. The van der Waals surface area contributed by atoms with Crippen molar-refractivity contribution in [3.05, 3.63) is 70.8 Å². The van der Waals surface area contributed by atoms with E-state index in [0.29, 0.717) is 12.4 Å². The highest BCUT2D eigenvalue weighted by Crippen LogP contribution is 2.17. The Morgan fingerprint density at radius 2 is 2.20 bits per heavy atom. The second-order valence-corrected chi connectivity index (χ2v) is 6.35. The molecular formula is C17H17BrN6O. The number of hydrogen-bond acceptors (Lipinski definition) is 4. The van der Waals surface area contributed by atoms with Crippen LogP contribution in [0.2, 0.25) is 0 Å². The van der Waals surface area contributed by atoms with Gasteiger partial charge in [0.2, 0.25) is 0 Å². The molecule has 2 N–H and O–H groups in total. The summed E-state index contributed by atoms with van der Waals surface area (Å²) in [6, 6.07) is 11.2. The molecule has 2 heterocycles. The SMILES string of the molecule is CC(NC(=O)NCc1cccnc1-n1cncn1)c1cccc(Br)c1. The predicted octanol–water partition coefficient (Wildman–Crippen LogP) is 2.99. The van der Waals surface area contributed by atoms with Crippen LogP contribution in [-0.2, 0) is 6.54 Å². The number of rotatable bonds is 5. The lowest BCUT2D eigenvalue weighted by Crippen LogP contribution is -2.36. The van der Waals surface area contributed by atoms with E-state index in [9.17, 15) is 4.79 Å². The Morgan fingerprint density at radius 1 is 1.32 bits per heavy atom. The Morgan fingerprint density at radius 3 is 2.96 bits per heavy atom. The zero-order valence-corrected chi connectivity index (χ0v) is 15.1. The smallest absolute Gasteiger partial charge is 0.315 e. The fourth-order valence-corrected chi connectivity index (χ4v) is 2.79. The highest BCUT2D eigenvalue weighted by molar-refractivity contribution is 9.10. The molecule has 0 bridgehead atoms.